The molecule has 0 unspecified atom stereocenters. The summed E-state index contributed by atoms with van der Waals surface area (Å²) in [6.07, 6.45) is 5.52. The highest BCUT2D eigenvalue weighted by molar-refractivity contribution is 7.17. The predicted molar refractivity (Wildman–Crippen MR) is 84.2 cm³/mol. The first-order chi connectivity index (χ1) is 10.4. The van der Waals surface area contributed by atoms with Gasteiger partial charge in [-0.05, 0) is 17.5 Å². The molecule has 0 fully saturated rings. The van der Waals surface area contributed by atoms with Crippen LogP contribution in [0.2, 0.25) is 0 Å². The number of hydrogen-bond acceptors (Lipinski definition) is 6. The van der Waals surface area contributed by atoms with Crippen LogP contribution in [0.4, 0.5) is 0 Å². The fourth-order valence-corrected chi connectivity index (χ4v) is 2.75. The van der Waals surface area contributed by atoms with Crippen LogP contribution in [0.15, 0.2) is 36.1 Å². The smallest absolute Gasteiger partial charge is 0.160 e. The van der Waals surface area contributed by atoms with Gasteiger partial charge in [0.1, 0.15) is 0 Å². The molecule has 0 aliphatic heterocycles. The van der Waals surface area contributed by atoms with Crippen molar-refractivity contribution >= 4 is 21.6 Å². The van der Waals surface area contributed by atoms with Gasteiger partial charge < -0.3 is 10.1 Å². The second-order valence-electron chi connectivity index (χ2n) is 4.61. The number of methoxy groups -OCH3 is 1. The highest BCUT2D eigenvalue weighted by Crippen LogP contribution is 2.23. The lowest BCUT2D eigenvalue weighted by Crippen LogP contribution is -2.18. The van der Waals surface area contributed by atoms with Crippen molar-refractivity contribution in [2.45, 2.75) is 6.54 Å². The van der Waals surface area contributed by atoms with Gasteiger partial charge in [0.25, 0.3) is 0 Å². The summed E-state index contributed by atoms with van der Waals surface area (Å²) in [4.78, 5) is 13.3. The average molecular weight is 300 g/mol. The Bertz CT molecular complexity index is 711. The molecule has 3 aromatic rings. The highest BCUT2D eigenvalue weighted by Gasteiger charge is 2.04. The van der Waals surface area contributed by atoms with Crippen LogP contribution in [-0.2, 0) is 11.3 Å². The van der Waals surface area contributed by atoms with E-state index in [1.165, 1.54) is 0 Å². The van der Waals surface area contributed by atoms with Gasteiger partial charge in [0, 0.05) is 49.9 Å². The van der Waals surface area contributed by atoms with Crippen LogP contribution in [-0.4, -0.2) is 35.2 Å². The molecular weight excluding hydrogens is 284 g/mol. The standard InChI is InChI=1S/C15H16N4OS/c1-20-4-3-16-7-11-8-18-15(19-9-11)12-6-14-13(17-10-12)2-5-21-14/h2,5-6,8-10,16H,3-4,7H2,1H3. The minimum atomic E-state index is 0.700. The van der Waals surface area contributed by atoms with Crippen LogP contribution < -0.4 is 5.32 Å². The molecule has 0 saturated heterocycles. The van der Waals surface area contributed by atoms with Crippen molar-refractivity contribution in [3.63, 3.8) is 0 Å². The molecule has 1 N–H and O–H groups in total. The van der Waals surface area contributed by atoms with Gasteiger partial charge in [0.2, 0.25) is 0 Å². The Labute approximate surface area is 127 Å². The van der Waals surface area contributed by atoms with Crippen molar-refractivity contribution in [3.05, 3.63) is 41.7 Å². The topological polar surface area (TPSA) is 59.9 Å². The van der Waals surface area contributed by atoms with E-state index >= 15 is 0 Å². The van der Waals surface area contributed by atoms with E-state index in [-0.39, 0.29) is 0 Å². The molecule has 5 nitrogen and oxygen atoms in total. The average Bonchev–Trinajstić information content (AvgIpc) is 3.00. The van der Waals surface area contributed by atoms with Gasteiger partial charge in [-0.2, -0.15) is 0 Å². The molecule has 0 amide bonds. The van der Waals surface area contributed by atoms with Gasteiger partial charge in [0.15, 0.2) is 5.82 Å². The van der Waals surface area contributed by atoms with Gasteiger partial charge >= 0.3 is 0 Å². The zero-order chi connectivity index (χ0) is 14.5. The minimum absolute atomic E-state index is 0.700. The zero-order valence-corrected chi connectivity index (χ0v) is 12.6. The molecule has 3 aromatic heterocycles. The Morgan fingerprint density at radius 2 is 2.05 bits per heavy atom. The zero-order valence-electron chi connectivity index (χ0n) is 11.7. The molecule has 0 bridgehead atoms. The molecule has 3 rings (SSSR count). The molecule has 0 aliphatic rings. The summed E-state index contributed by atoms with van der Waals surface area (Å²) >= 11 is 1.68. The second-order valence-corrected chi connectivity index (χ2v) is 5.56. The Morgan fingerprint density at radius 3 is 2.86 bits per heavy atom. The van der Waals surface area contributed by atoms with E-state index in [2.05, 4.69) is 26.3 Å². The van der Waals surface area contributed by atoms with E-state index in [0.717, 1.165) is 34.4 Å². The Morgan fingerprint density at radius 1 is 1.19 bits per heavy atom. The van der Waals surface area contributed by atoms with Gasteiger partial charge in [-0.3, -0.25) is 4.98 Å². The summed E-state index contributed by atoms with van der Waals surface area (Å²) in [6.45, 7) is 2.26. The molecule has 21 heavy (non-hydrogen) atoms. The molecule has 0 atom stereocenters. The number of ether oxygens (including phenoxy) is 1. The lowest BCUT2D eigenvalue weighted by atomic mass is 10.2. The first-order valence-corrected chi connectivity index (χ1v) is 7.59. The lowest BCUT2D eigenvalue weighted by Gasteiger charge is -2.05. The number of nitrogens with zero attached hydrogens (tertiary/aromatic N) is 3. The number of hydrogen-bond donors (Lipinski definition) is 1. The quantitative estimate of drug-likeness (QED) is 0.709. The van der Waals surface area contributed by atoms with E-state index in [1.54, 1.807) is 18.4 Å². The number of nitrogens with one attached hydrogen (secondary N) is 1. The first-order valence-electron chi connectivity index (χ1n) is 6.71. The van der Waals surface area contributed by atoms with Gasteiger partial charge in [-0.25, -0.2) is 9.97 Å². The fourth-order valence-electron chi connectivity index (χ4n) is 1.97. The Kier molecular flexibility index (Phi) is 4.49. The summed E-state index contributed by atoms with van der Waals surface area (Å²) in [7, 11) is 1.69. The molecule has 0 spiro atoms. The number of aromatic nitrogens is 3. The van der Waals surface area contributed by atoms with Crippen molar-refractivity contribution < 1.29 is 4.74 Å². The van der Waals surface area contributed by atoms with Crippen LogP contribution >= 0.6 is 11.3 Å². The summed E-state index contributed by atoms with van der Waals surface area (Å²) in [5, 5.41) is 5.31. The van der Waals surface area contributed by atoms with Crippen molar-refractivity contribution in [1.82, 2.24) is 20.3 Å². The van der Waals surface area contributed by atoms with Crippen LogP contribution in [0, 0.1) is 0 Å². The number of thiophene rings is 1. The SMILES string of the molecule is COCCNCc1cnc(-c2cnc3ccsc3c2)nc1. The highest BCUT2D eigenvalue weighted by atomic mass is 32.1. The first kappa shape index (κ1) is 14.1. The third-order valence-corrected chi connectivity index (χ3v) is 3.93. The van der Waals surface area contributed by atoms with Gasteiger partial charge in [-0.15, -0.1) is 11.3 Å². The third-order valence-electron chi connectivity index (χ3n) is 3.08. The van der Waals surface area contributed by atoms with Crippen molar-refractivity contribution in [3.8, 4) is 11.4 Å². The monoisotopic (exact) mass is 300 g/mol. The van der Waals surface area contributed by atoms with Crippen LogP contribution in [0.25, 0.3) is 21.6 Å². The largest absolute Gasteiger partial charge is 0.383 e. The summed E-state index contributed by atoms with van der Waals surface area (Å²) < 4.78 is 6.14. The molecule has 0 aliphatic carbocycles. The Balaban J connectivity index is 1.71. The summed E-state index contributed by atoms with van der Waals surface area (Å²) in [5.74, 6) is 0.707. The number of pyridine rings is 1. The minimum Gasteiger partial charge on any atom is -0.383 e. The van der Waals surface area contributed by atoms with Crippen LogP contribution in [0.5, 0.6) is 0 Å². The number of fused-ring (bicyclic) bond motifs is 1. The van der Waals surface area contributed by atoms with E-state index in [1.807, 2.05) is 30.0 Å². The van der Waals surface area contributed by atoms with Crippen LogP contribution in [0.1, 0.15) is 5.56 Å². The summed E-state index contributed by atoms with van der Waals surface area (Å²) in [5.41, 5.74) is 3.02. The maximum Gasteiger partial charge on any atom is 0.160 e. The Hall–Kier alpha value is -1.89. The molecular formula is C15H16N4OS. The molecule has 6 heteroatoms. The van der Waals surface area contributed by atoms with Crippen molar-refractivity contribution in [1.29, 1.82) is 0 Å². The fraction of sp³-hybridized carbons (Fsp3) is 0.267. The third kappa shape index (κ3) is 3.41. The van der Waals surface area contributed by atoms with Crippen LogP contribution in [0.3, 0.4) is 0 Å². The van der Waals surface area contributed by atoms with E-state index < -0.39 is 0 Å². The van der Waals surface area contributed by atoms with E-state index in [0.29, 0.717) is 12.4 Å². The van der Waals surface area contributed by atoms with E-state index in [4.69, 9.17) is 4.74 Å². The van der Waals surface area contributed by atoms with Crippen molar-refractivity contribution in [2.24, 2.45) is 0 Å². The van der Waals surface area contributed by atoms with E-state index in [9.17, 15) is 0 Å². The molecule has 108 valence electrons. The lowest BCUT2D eigenvalue weighted by molar-refractivity contribution is 0.199. The van der Waals surface area contributed by atoms with Gasteiger partial charge in [0.05, 0.1) is 16.8 Å². The normalized spacial score (nSPS) is 11.1. The molecule has 0 aromatic carbocycles. The predicted octanol–water partition coefficient (Wildman–Crippen LogP) is 2.49. The maximum absolute atomic E-state index is 4.99. The molecule has 0 saturated carbocycles. The molecule has 3 heterocycles. The molecule has 0 radical (unpaired) electrons. The van der Waals surface area contributed by atoms with Crippen molar-refractivity contribution in [2.75, 3.05) is 20.3 Å². The number of rotatable bonds is 6. The van der Waals surface area contributed by atoms with Gasteiger partial charge in [-0.1, -0.05) is 0 Å². The maximum atomic E-state index is 4.99. The second kappa shape index (κ2) is 6.71. The summed E-state index contributed by atoms with van der Waals surface area (Å²) in [6, 6.07) is 4.10.